The van der Waals surface area contributed by atoms with Crippen LogP contribution in [0.3, 0.4) is 0 Å². The van der Waals surface area contributed by atoms with Crippen molar-refractivity contribution in [3.05, 3.63) is 36.3 Å². The lowest BCUT2D eigenvalue weighted by molar-refractivity contribution is 0.116. The minimum atomic E-state index is -0.295. The molecular formula is C16H20N4O. The molecule has 21 heavy (non-hydrogen) atoms. The van der Waals surface area contributed by atoms with Crippen LogP contribution in [-0.4, -0.2) is 32.2 Å². The molecule has 3 rings (SSSR count). The van der Waals surface area contributed by atoms with Gasteiger partial charge in [-0.2, -0.15) is 0 Å². The van der Waals surface area contributed by atoms with Crippen molar-refractivity contribution in [2.75, 3.05) is 5.32 Å². The van der Waals surface area contributed by atoms with Crippen molar-refractivity contribution >= 4 is 5.82 Å². The summed E-state index contributed by atoms with van der Waals surface area (Å²) in [7, 11) is 0. The Bertz CT molecular complexity index is 602. The third-order valence-corrected chi connectivity index (χ3v) is 3.84. The molecule has 1 aliphatic carbocycles. The SMILES string of the molecule is Cc1cc(NC2CCCCC2O)nc(-c2cccnc2)n1. The van der Waals surface area contributed by atoms with Crippen LogP contribution in [0, 0.1) is 6.92 Å². The summed E-state index contributed by atoms with van der Waals surface area (Å²) in [6.07, 6.45) is 7.28. The molecule has 2 aromatic heterocycles. The van der Waals surface area contributed by atoms with Crippen molar-refractivity contribution in [2.45, 2.75) is 44.8 Å². The molecule has 2 heterocycles. The number of hydrogen-bond acceptors (Lipinski definition) is 5. The molecule has 1 aliphatic rings. The summed E-state index contributed by atoms with van der Waals surface area (Å²) in [5.74, 6) is 1.43. The Morgan fingerprint density at radius 3 is 2.86 bits per heavy atom. The number of nitrogens with zero attached hydrogens (tertiary/aromatic N) is 3. The Labute approximate surface area is 124 Å². The number of hydrogen-bond donors (Lipinski definition) is 2. The van der Waals surface area contributed by atoms with Gasteiger partial charge in [0.15, 0.2) is 5.82 Å². The number of aromatic nitrogens is 3. The molecule has 1 saturated carbocycles. The summed E-state index contributed by atoms with van der Waals surface area (Å²) >= 11 is 0. The Morgan fingerprint density at radius 2 is 2.10 bits per heavy atom. The van der Waals surface area contributed by atoms with Crippen molar-refractivity contribution in [1.29, 1.82) is 0 Å². The van der Waals surface area contributed by atoms with E-state index in [1.807, 2.05) is 25.1 Å². The lowest BCUT2D eigenvalue weighted by Crippen LogP contribution is -2.36. The van der Waals surface area contributed by atoms with Gasteiger partial charge < -0.3 is 10.4 Å². The van der Waals surface area contributed by atoms with Crippen molar-refractivity contribution in [3.8, 4) is 11.4 Å². The van der Waals surface area contributed by atoms with E-state index in [1.54, 1.807) is 12.4 Å². The van der Waals surface area contributed by atoms with Crippen molar-refractivity contribution < 1.29 is 5.11 Å². The van der Waals surface area contributed by atoms with Gasteiger partial charge in [0.25, 0.3) is 0 Å². The highest BCUT2D eigenvalue weighted by atomic mass is 16.3. The molecule has 0 aromatic carbocycles. The van der Waals surface area contributed by atoms with E-state index in [0.717, 1.165) is 42.8 Å². The average Bonchev–Trinajstić information content (AvgIpc) is 2.50. The maximum atomic E-state index is 10.1. The second-order valence-corrected chi connectivity index (χ2v) is 5.56. The molecule has 0 bridgehead atoms. The molecule has 5 nitrogen and oxygen atoms in total. The molecule has 0 aliphatic heterocycles. The molecule has 2 atom stereocenters. The predicted octanol–water partition coefficient (Wildman–Crippen LogP) is 2.56. The monoisotopic (exact) mass is 284 g/mol. The van der Waals surface area contributed by atoms with Crippen LogP contribution in [0.5, 0.6) is 0 Å². The molecule has 0 radical (unpaired) electrons. The van der Waals surface area contributed by atoms with Crippen LogP contribution in [0.2, 0.25) is 0 Å². The predicted molar refractivity (Wildman–Crippen MR) is 81.9 cm³/mol. The van der Waals surface area contributed by atoms with Crippen LogP contribution in [-0.2, 0) is 0 Å². The normalized spacial score (nSPS) is 22.0. The maximum absolute atomic E-state index is 10.1. The topological polar surface area (TPSA) is 70.9 Å². The Morgan fingerprint density at radius 1 is 1.24 bits per heavy atom. The fraction of sp³-hybridized carbons (Fsp3) is 0.438. The van der Waals surface area contributed by atoms with Gasteiger partial charge in [0.05, 0.1) is 12.1 Å². The molecule has 110 valence electrons. The van der Waals surface area contributed by atoms with E-state index in [9.17, 15) is 5.11 Å². The first kappa shape index (κ1) is 13.9. The molecule has 2 N–H and O–H groups in total. The second-order valence-electron chi connectivity index (χ2n) is 5.56. The number of rotatable bonds is 3. The van der Waals surface area contributed by atoms with Crippen molar-refractivity contribution in [3.63, 3.8) is 0 Å². The lowest BCUT2D eigenvalue weighted by Gasteiger charge is -2.28. The first-order valence-corrected chi connectivity index (χ1v) is 7.43. The van der Waals surface area contributed by atoms with Gasteiger partial charge in [-0.15, -0.1) is 0 Å². The van der Waals surface area contributed by atoms with E-state index < -0.39 is 0 Å². The van der Waals surface area contributed by atoms with Gasteiger partial charge >= 0.3 is 0 Å². The van der Waals surface area contributed by atoms with Gasteiger partial charge in [0, 0.05) is 29.7 Å². The number of aliphatic hydroxyl groups is 1. The standard InChI is InChI=1S/C16H20N4O/c1-11-9-15(19-13-6-2-3-7-14(13)21)20-16(18-11)12-5-4-8-17-10-12/h4-5,8-10,13-14,21H,2-3,6-7H2,1H3,(H,18,19,20). The lowest BCUT2D eigenvalue weighted by atomic mass is 9.92. The number of nitrogens with one attached hydrogen (secondary N) is 1. The zero-order chi connectivity index (χ0) is 14.7. The van der Waals surface area contributed by atoms with Gasteiger partial charge in [-0.1, -0.05) is 12.8 Å². The van der Waals surface area contributed by atoms with Crippen LogP contribution in [0.4, 0.5) is 5.82 Å². The van der Waals surface area contributed by atoms with Crippen LogP contribution < -0.4 is 5.32 Å². The Kier molecular flexibility index (Phi) is 4.10. The minimum absolute atomic E-state index is 0.0785. The molecule has 5 heteroatoms. The zero-order valence-corrected chi connectivity index (χ0v) is 12.2. The number of aryl methyl sites for hydroxylation is 1. The largest absolute Gasteiger partial charge is 0.391 e. The van der Waals surface area contributed by atoms with Crippen molar-refractivity contribution in [1.82, 2.24) is 15.0 Å². The highest BCUT2D eigenvalue weighted by molar-refractivity contribution is 5.56. The molecular weight excluding hydrogens is 264 g/mol. The number of pyridine rings is 1. The first-order chi connectivity index (χ1) is 10.2. The average molecular weight is 284 g/mol. The van der Waals surface area contributed by atoms with Gasteiger partial charge in [-0.05, 0) is 31.9 Å². The summed E-state index contributed by atoms with van der Waals surface area (Å²) in [5.41, 5.74) is 1.80. The second kappa shape index (κ2) is 6.18. The summed E-state index contributed by atoms with van der Waals surface area (Å²) in [4.78, 5) is 13.1. The van der Waals surface area contributed by atoms with E-state index in [4.69, 9.17) is 0 Å². The summed E-state index contributed by atoms with van der Waals surface area (Å²) in [6.45, 7) is 1.95. The van der Waals surface area contributed by atoms with Crippen molar-refractivity contribution in [2.24, 2.45) is 0 Å². The molecule has 0 spiro atoms. The van der Waals surface area contributed by atoms with Crippen LogP contribution in [0.15, 0.2) is 30.6 Å². The number of anilines is 1. The van der Waals surface area contributed by atoms with Gasteiger partial charge in [0.2, 0.25) is 0 Å². The highest BCUT2D eigenvalue weighted by Gasteiger charge is 2.23. The van der Waals surface area contributed by atoms with Crippen LogP contribution in [0.1, 0.15) is 31.4 Å². The van der Waals surface area contributed by atoms with E-state index >= 15 is 0 Å². The summed E-state index contributed by atoms with van der Waals surface area (Å²) < 4.78 is 0. The third-order valence-electron chi connectivity index (χ3n) is 3.84. The maximum Gasteiger partial charge on any atom is 0.163 e. The molecule has 2 unspecified atom stereocenters. The molecule has 0 amide bonds. The van der Waals surface area contributed by atoms with E-state index in [0.29, 0.717) is 5.82 Å². The molecule has 1 fully saturated rings. The summed E-state index contributed by atoms with van der Waals surface area (Å²) in [6, 6.07) is 5.82. The quantitative estimate of drug-likeness (QED) is 0.906. The molecule has 0 saturated heterocycles. The first-order valence-electron chi connectivity index (χ1n) is 7.43. The summed E-state index contributed by atoms with van der Waals surface area (Å²) in [5, 5.41) is 13.4. The van der Waals surface area contributed by atoms with Gasteiger partial charge in [-0.25, -0.2) is 9.97 Å². The zero-order valence-electron chi connectivity index (χ0n) is 12.2. The molecule has 2 aromatic rings. The smallest absolute Gasteiger partial charge is 0.163 e. The van der Waals surface area contributed by atoms with E-state index in [-0.39, 0.29) is 12.1 Å². The van der Waals surface area contributed by atoms with Crippen LogP contribution >= 0.6 is 0 Å². The third kappa shape index (κ3) is 3.36. The van der Waals surface area contributed by atoms with E-state index in [2.05, 4.69) is 20.3 Å². The fourth-order valence-corrected chi connectivity index (χ4v) is 2.74. The van der Waals surface area contributed by atoms with Gasteiger partial charge in [-0.3, -0.25) is 4.98 Å². The minimum Gasteiger partial charge on any atom is -0.391 e. The highest BCUT2D eigenvalue weighted by Crippen LogP contribution is 2.23. The fourth-order valence-electron chi connectivity index (χ4n) is 2.74. The Hall–Kier alpha value is -2.01. The van der Waals surface area contributed by atoms with Crippen LogP contribution in [0.25, 0.3) is 11.4 Å². The number of aliphatic hydroxyl groups excluding tert-OH is 1. The van der Waals surface area contributed by atoms with Gasteiger partial charge in [0.1, 0.15) is 5.82 Å². The van der Waals surface area contributed by atoms with E-state index in [1.165, 1.54) is 0 Å². The Balaban J connectivity index is 1.84.